The molecule has 1 aromatic carbocycles. The molecule has 2 amide bonds. The molecule has 156 valence electrons. The van der Waals surface area contributed by atoms with Crippen molar-refractivity contribution in [2.24, 2.45) is 0 Å². The summed E-state index contributed by atoms with van der Waals surface area (Å²) in [5.41, 5.74) is 2.50. The fourth-order valence-electron chi connectivity index (χ4n) is 3.87. The van der Waals surface area contributed by atoms with Crippen LogP contribution in [-0.4, -0.2) is 32.6 Å². The number of nitrogens with zero attached hydrogens (tertiary/aromatic N) is 3. The molecule has 1 aliphatic rings. The third-order valence-corrected chi connectivity index (χ3v) is 5.66. The maximum Gasteiger partial charge on any atom is 0.275 e. The van der Waals surface area contributed by atoms with Crippen molar-refractivity contribution in [2.75, 3.05) is 5.32 Å². The van der Waals surface area contributed by atoms with Gasteiger partial charge in [0, 0.05) is 23.9 Å². The van der Waals surface area contributed by atoms with Crippen LogP contribution < -0.4 is 10.6 Å². The van der Waals surface area contributed by atoms with Gasteiger partial charge in [-0.25, -0.2) is 4.98 Å². The quantitative estimate of drug-likeness (QED) is 0.531. The number of hydrogen-bond acceptors (Lipinski definition) is 5. The van der Waals surface area contributed by atoms with Crippen molar-refractivity contribution in [1.82, 2.24) is 20.0 Å². The maximum absolute atomic E-state index is 12.8. The molecule has 1 aliphatic heterocycles. The molecule has 3 aromatic heterocycles. The van der Waals surface area contributed by atoms with Gasteiger partial charge in [-0.1, -0.05) is 35.5 Å². The second-order valence-electron chi connectivity index (χ2n) is 7.81. The zero-order valence-corrected chi connectivity index (χ0v) is 17.1. The van der Waals surface area contributed by atoms with Gasteiger partial charge in [0.05, 0.1) is 6.04 Å². The largest absolute Gasteiger partial charge is 0.359 e. The molecular weight excluding hydrogens is 394 g/mol. The molecular formula is C23H21N5O3. The minimum atomic E-state index is -0.391. The van der Waals surface area contributed by atoms with Crippen molar-refractivity contribution < 1.29 is 14.1 Å². The Morgan fingerprint density at radius 3 is 2.77 bits per heavy atom. The summed E-state index contributed by atoms with van der Waals surface area (Å²) in [5, 5.41) is 10.4. The molecule has 0 fully saturated rings. The molecule has 0 unspecified atom stereocenters. The van der Waals surface area contributed by atoms with Crippen molar-refractivity contribution >= 4 is 28.7 Å². The van der Waals surface area contributed by atoms with Gasteiger partial charge in [0.25, 0.3) is 11.8 Å². The highest BCUT2D eigenvalue weighted by molar-refractivity contribution is 6.04. The van der Waals surface area contributed by atoms with Gasteiger partial charge in [-0.2, -0.15) is 0 Å². The average molecular weight is 415 g/mol. The van der Waals surface area contributed by atoms with Gasteiger partial charge in [0.15, 0.2) is 5.82 Å². The average Bonchev–Trinajstić information content (AvgIpc) is 3.37. The van der Waals surface area contributed by atoms with Crippen LogP contribution in [0.4, 0.5) is 5.82 Å². The van der Waals surface area contributed by atoms with Crippen LogP contribution in [-0.2, 0) is 6.42 Å². The van der Waals surface area contributed by atoms with Crippen LogP contribution in [0.15, 0.2) is 59.1 Å². The third-order valence-electron chi connectivity index (χ3n) is 5.66. The van der Waals surface area contributed by atoms with E-state index in [9.17, 15) is 9.59 Å². The van der Waals surface area contributed by atoms with E-state index < -0.39 is 5.91 Å². The van der Waals surface area contributed by atoms with E-state index in [2.05, 4.69) is 20.8 Å². The Balaban J connectivity index is 1.39. The molecule has 0 radical (unpaired) electrons. The first-order chi connectivity index (χ1) is 15.0. The molecule has 5 rings (SSSR count). The monoisotopic (exact) mass is 415 g/mol. The van der Waals surface area contributed by atoms with Gasteiger partial charge >= 0.3 is 0 Å². The molecule has 8 nitrogen and oxygen atoms in total. The molecule has 4 heterocycles. The normalized spacial score (nSPS) is 17.9. The van der Waals surface area contributed by atoms with E-state index in [1.54, 1.807) is 24.3 Å². The van der Waals surface area contributed by atoms with Gasteiger partial charge < -0.3 is 19.7 Å². The maximum atomic E-state index is 12.8. The number of carbonyl (C=O) groups excluding carboxylic acids is 2. The second kappa shape index (κ2) is 7.39. The summed E-state index contributed by atoms with van der Waals surface area (Å²) in [5.74, 6) is 0.455. The van der Waals surface area contributed by atoms with Crippen molar-refractivity contribution in [3.05, 3.63) is 77.3 Å². The summed E-state index contributed by atoms with van der Waals surface area (Å²) in [7, 11) is 0. The molecule has 4 aromatic rings. The van der Waals surface area contributed by atoms with Crippen LogP contribution in [0.1, 0.15) is 52.2 Å². The number of hydrogen-bond donors (Lipinski definition) is 2. The van der Waals surface area contributed by atoms with Crippen LogP contribution in [0.2, 0.25) is 0 Å². The summed E-state index contributed by atoms with van der Waals surface area (Å²) in [6, 6.07) is 16.8. The van der Waals surface area contributed by atoms with Crippen LogP contribution >= 0.6 is 0 Å². The Labute approximate surface area is 178 Å². The first-order valence-corrected chi connectivity index (χ1v) is 10.1. The third kappa shape index (κ3) is 3.46. The van der Waals surface area contributed by atoms with Crippen molar-refractivity contribution in [3.63, 3.8) is 0 Å². The Bertz CT molecular complexity index is 1290. The number of rotatable bonds is 4. The fourth-order valence-corrected chi connectivity index (χ4v) is 3.87. The highest BCUT2D eigenvalue weighted by Gasteiger charge is 2.30. The van der Waals surface area contributed by atoms with Gasteiger partial charge in [-0.3, -0.25) is 9.59 Å². The topological polar surface area (TPSA) is 102 Å². The molecule has 0 saturated carbocycles. The molecule has 2 atom stereocenters. The van der Waals surface area contributed by atoms with Gasteiger partial charge in [0.2, 0.25) is 0 Å². The molecule has 0 bridgehead atoms. The number of anilines is 1. The number of aromatic nitrogens is 3. The van der Waals surface area contributed by atoms with Crippen molar-refractivity contribution in [2.45, 2.75) is 32.4 Å². The predicted molar refractivity (Wildman–Crippen MR) is 115 cm³/mol. The van der Waals surface area contributed by atoms with Crippen LogP contribution in [0, 0.1) is 0 Å². The lowest BCUT2D eigenvalue weighted by atomic mass is 10.1. The van der Waals surface area contributed by atoms with E-state index in [4.69, 9.17) is 4.52 Å². The van der Waals surface area contributed by atoms with Crippen molar-refractivity contribution in [3.8, 4) is 0 Å². The first kappa shape index (κ1) is 19.0. The van der Waals surface area contributed by atoms with Gasteiger partial charge in [0.1, 0.15) is 22.8 Å². The minimum absolute atomic E-state index is 0.0205. The van der Waals surface area contributed by atoms with Crippen LogP contribution in [0.25, 0.3) is 11.0 Å². The lowest BCUT2D eigenvalue weighted by Gasteiger charge is -2.29. The Hall–Kier alpha value is -3.94. The Morgan fingerprint density at radius 2 is 1.97 bits per heavy atom. The fraction of sp³-hybridized carbons (Fsp3) is 0.217. The standard InChI is InChI=1S/C23H21N5O3/c1-13-14(2)28-19(23(30)24-13)11-16-8-9-18(25-21(16)28)22(29)26-20-12-17(31-27-20)10-15-6-4-3-5-7-15/h3-9,11-14H,10H2,1-2H3,(H,24,30)(H,26,27,29)/t13-,14-/m1/s1. The van der Waals surface area contributed by atoms with E-state index in [1.165, 1.54) is 0 Å². The predicted octanol–water partition coefficient (Wildman–Crippen LogP) is 3.56. The summed E-state index contributed by atoms with van der Waals surface area (Å²) in [6.07, 6.45) is 0.586. The highest BCUT2D eigenvalue weighted by Crippen LogP contribution is 2.28. The Morgan fingerprint density at radius 1 is 1.16 bits per heavy atom. The van der Waals surface area contributed by atoms with E-state index in [0.717, 1.165) is 10.9 Å². The van der Waals surface area contributed by atoms with Gasteiger partial charge in [-0.05, 0) is 37.6 Å². The number of nitrogens with one attached hydrogen (secondary N) is 2. The Kier molecular flexibility index (Phi) is 4.54. The lowest BCUT2D eigenvalue weighted by Crippen LogP contribution is -2.44. The molecule has 2 N–H and O–H groups in total. The molecule has 0 spiro atoms. The minimum Gasteiger partial charge on any atom is -0.359 e. The van der Waals surface area contributed by atoms with E-state index in [0.29, 0.717) is 29.3 Å². The smallest absolute Gasteiger partial charge is 0.275 e. The van der Waals surface area contributed by atoms with Crippen LogP contribution in [0.5, 0.6) is 0 Å². The number of carbonyl (C=O) groups is 2. The van der Waals surface area contributed by atoms with E-state index >= 15 is 0 Å². The SMILES string of the molecule is C[C@@H]1[C@@H](C)NC(=O)c2cc3ccc(C(=O)Nc4cc(Cc5ccccc5)on4)nc3n21. The summed E-state index contributed by atoms with van der Waals surface area (Å²) >= 11 is 0. The summed E-state index contributed by atoms with van der Waals surface area (Å²) in [6.45, 7) is 3.97. The molecule has 0 saturated heterocycles. The summed E-state index contributed by atoms with van der Waals surface area (Å²) in [4.78, 5) is 29.7. The summed E-state index contributed by atoms with van der Waals surface area (Å²) < 4.78 is 7.23. The highest BCUT2D eigenvalue weighted by atomic mass is 16.5. The number of fused-ring (bicyclic) bond motifs is 3. The van der Waals surface area contributed by atoms with E-state index in [1.807, 2.05) is 48.7 Å². The lowest BCUT2D eigenvalue weighted by molar-refractivity contribution is 0.0891. The number of pyridine rings is 1. The molecule has 0 aliphatic carbocycles. The van der Waals surface area contributed by atoms with Crippen LogP contribution in [0.3, 0.4) is 0 Å². The van der Waals surface area contributed by atoms with Gasteiger partial charge in [-0.15, -0.1) is 0 Å². The zero-order valence-electron chi connectivity index (χ0n) is 17.1. The van der Waals surface area contributed by atoms with Crippen molar-refractivity contribution in [1.29, 1.82) is 0 Å². The molecule has 31 heavy (non-hydrogen) atoms. The van der Waals surface area contributed by atoms with E-state index in [-0.39, 0.29) is 23.7 Å². The number of benzene rings is 1. The molecule has 8 heteroatoms. The second-order valence-corrected chi connectivity index (χ2v) is 7.81. The number of amides is 2. The first-order valence-electron chi connectivity index (χ1n) is 10.1. The zero-order chi connectivity index (χ0) is 21.5.